The number of hydrogen-bond donors (Lipinski definition) is 2. The molecule has 20 heavy (non-hydrogen) atoms. The summed E-state index contributed by atoms with van der Waals surface area (Å²) in [6, 6.07) is -0.102. The van der Waals surface area contributed by atoms with Gasteiger partial charge in [0.1, 0.15) is 0 Å². The highest BCUT2D eigenvalue weighted by Crippen LogP contribution is 2.30. The first kappa shape index (κ1) is 15.1. The Hall–Kier alpha value is -1.26. The van der Waals surface area contributed by atoms with Gasteiger partial charge in [-0.05, 0) is 32.1 Å². The van der Waals surface area contributed by atoms with Crippen molar-refractivity contribution in [2.45, 2.75) is 51.9 Å². The standard InChI is InChI=1S/C15H26N2O3/c1-15(13(18)19)8-4-10-17(11-15)14(20)16-9-7-12-5-2-3-6-12/h12H,2-11H2,1H3,(H,16,20)(H,18,19). The molecule has 1 atom stereocenters. The molecule has 1 saturated heterocycles. The molecule has 0 aromatic carbocycles. The summed E-state index contributed by atoms with van der Waals surface area (Å²) in [7, 11) is 0. The monoisotopic (exact) mass is 282 g/mol. The maximum absolute atomic E-state index is 12.1. The second-order valence-corrected chi connectivity index (χ2v) is 6.56. The van der Waals surface area contributed by atoms with E-state index in [0.717, 1.165) is 18.8 Å². The number of carboxylic acid groups (broad SMARTS) is 1. The van der Waals surface area contributed by atoms with Crippen LogP contribution in [0.2, 0.25) is 0 Å². The molecule has 2 fully saturated rings. The first-order chi connectivity index (χ1) is 9.51. The van der Waals surface area contributed by atoms with Crippen molar-refractivity contribution in [2.24, 2.45) is 11.3 Å². The molecule has 5 nitrogen and oxygen atoms in total. The first-order valence-corrected chi connectivity index (χ1v) is 7.77. The lowest BCUT2D eigenvalue weighted by Crippen LogP contribution is -2.51. The Balaban J connectivity index is 1.75. The summed E-state index contributed by atoms with van der Waals surface area (Å²) in [6.07, 6.45) is 7.68. The summed E-state index contributed by atoms with van der Waals surface area (Å²) in [6.45, 7) is 3.42. The molecule has 114 valence electrons. The highest BCUT2D eigenvalue weighted by molar-refractivity contribution is 5.78. The van der Waals surface area contributed by atoms with Gasteiger partial charge in [-0.3, -0.25) is 4.79 Å². The van der Waals surface area contributed by atoms with Crippen molar-refractivity contribution in [3.63, 3.8) is 0 Å². The molecule has 5 heteroatoms. The van der Waals surface area contributed by atoms with Crippen LogP contribution >= 0.6 is 0 Å². The largest absolute Gasteiger partial charge is 0.481 e. The van der Waals surface area contributed by atoms with E-state index in [4.69, 9.17) is 0 Å². The minimum atomic E-state index is -0.805. The maximum atomic E-state index is 12.1. The van der Waals surface area contributed by atoms with Gasteiger partial charge in [-0.25, -0.2) is 4.79 Å². The summed E-state index contributed by atoms with van der Waals surface area (Å²) >= 11 is 0. The summed E-state index contributed by atoms with van der Waals surface area (Å²) < 4.78 is 0. The third-order valence-corrected chi connectivity index (χ3v) is 4.80. The molecule has 1 unspecified atom stereocenters. The van der Waals surface area contributed by atoms with Gasteiger partial charge in [-0.1, -0.05) is 25.7 Å². The van der Waals surface area contributed by atoms with Crippen molar-refractivity contribution in [3.8, 4) is 0 Å². The Morgan fingerprint density at radius 3 is 2.65 bits per heavy atom. The summed E-state index contributed by atoms with van der Waals surface area (Å²) in [5, 5.41) is 12.2. The Bertz CT molecular complexity index is 366. The van der Waals surface area contributed by atoms with Gasteiger partial charge >= 0.3 is 12.0 Å². The second kappa shape index (κ2) is 6.46. The molecule has 1 aliphatic heterocycles. The summed E-state index contributed by atoms with van der Waals surface area (Å²) in [5.41, 5.74) is -0.791. The van der Waals surface area contributed by atoms with Crippen LogP contribution in [0.15, 0.2) is 0 Å². The third-order valence-electron chi connectivity index (χ3n) is 4.80. The van der Waals surface area contributed by atoms with E-state index < -0.39 is 11.4 Å². The number of amides is 2. The second-order valence-electron chi connectivity index (χ2n) is 6.56. The van der Waals surface area contributed by atoms with Crippen molar-refractivity contribution in [3.05, 3.63) is 0 Å². The summed E-state index contributed by atoms with van der Waals surface area (Å²) in [5.74, 6) is -0.0399. The predicted octanol–water partition coefficient (Wildman–Crippen LogP) is 2.46. The molecule has 2 rings (SSSR count). The highest BCUT2D eigenvalue weighted by Gasteiger charge is 2.39. The molecule has 0 bridgehead atoms. The van der Waals surface area contributed by atoms with Crippen LogP contribution in [0, 0.1) is 11.3 Å². The zero-order valence-electron chi connectivity index (χ0n) is 12.4. The summed E-state index contributed by atoms with van der Waals surface area (Å²) in [4.78, 5) is 25.0. The van der Waals surface area contributed by atoms with E-state index in [9.17, 15) is 14.7 Å². The van der Waals surface area contributed by atoms with Crippen LogP contribution in [0.25, 0.3) is 0 Å². The number of carbonyl (C=O) groups excluding carboxylic acids is 1. The zero-order chi connectivity index (χ0) is 14.6. The Morgan fingerprint density at radius 1 is 1.30 bits per heavy atom. The topological polar surface area (TPSA) is 69.6 Å². The average molecular weight is 282 g/mol. The van der Waals surface area contributed by atoms with Crippen molar-refractivity contribution in [1.29, 1.82) is 0 Å². The zero-order valence-corrected chi connectivity index (χ0v) is 12.4. The SMILES string of the molecule is CC1(C(=O)O)CCCN(C(=O)NCCC2CCCC2)C1. The van der Waals surface area contributed by atoms with Gasteiger partial charge in [0.15, 0.2) is 0 Å². The lowest BCUT2D eigenvalue weighted by molar-refractivity contribution is -0.150. The number of urea groups is 1. The predicted molar refractivity (Wildman–Crippen MR) is 76.5 cm³/mol. The van der Waals surface area contributed by atoms with E-state index in [1.807, 2.05) is 0 Å². The number of likely N-dealkylation sites (tertiary alicyclic amines) is 1. The molecule has 1 heterocycles. The fourth-order valence-electron chi connectivity index (χ4n) is 3.38. The van der Waals surface area contributed by atoms with Gasteiger partial charge < -0.3 is 15.3 Å². The first-order valence-electron chi connectivity index (χ1n) is 7.77. The van der Waals surface area contributed by atoms with Crippen LogP contribution in [-0.2, 0) is 4.79 Å². The molecule has 2 N–H and O–H groups in total. The Morgan fingerprint density at radius 2 is 2.00 bits per heavy atom. The van der Waals surface area contributed by atoms with E-state index >= 15 is 0 Å². The lowest BCUT2D eigenvalue weighted by Gasteiger charge is -2.37. The third kappa shape index (κ3) is 3.64. The van der Waals surface area contributed by atoms with Crippen LogP contribution in [0.5, 0.6) is 0 Å². The van der Waals surface area contributed by atoms with Gasteiger partial charge in [-0.2, -0.15) is 0 Å². The van der Waals surface area contributed by atoms with Crippen LogP contribution < -0.4 is 5.32 Å². The van der Waals surface area contributed by atoms with E-state index in [2.05, 4.69) is 5.32 Å². The number of carbonyl (C=O) groups is 2. The molecular formula is C15H26N2O3. The van der Waals surface area contributed by atoms with Crippen LogP contribution in [-0.4, -0.2) is 41.6 Å². The van der Waals surface area contributed by atoms with E-state index in [1.165, 1.54) is 25.7 Å². The molecule has 2 amide bonds. The number of hydrogen-bond acceptors (Lipinski definition) is 2. The molecule has 0 spiro atoms. The fraction of sp³-hybridized carbons (Fsp3) is 0.867. The normalized spacial score (nSPS) is 27.6. The quantitative estimate of drug-likeness (QED) is 0.832. The number of piperidine rings is 1. The number of nitrogens with one attached hydrogen (secondary N) is 1. The van der Waals surface area contributed by atoms with Crippen LogP contribution in [0.4, 0.5) is 4.79 Å². The van der Waals surface area contributed by atoms with Crippen molar-refractivity contribution in [1.82, 2.24) is 10.2 Å². The van der Waals surface area contributed by atoms with E-state index in [1.54, 1.807) is 11.8 Å². The van der Waals surface area contributed by atoms with Gasteiger partial charge in [0, 0.05) is 19.6 Å². The molecule has 1 saturated carbocycles. The lowest BCUT2D eigenvalue weighted by atomic mass is 9.82. The van der Waals surface area contributed by atoms with Crippen molar-refractivity contribution < 1.29 is 14.7 Å². The number of nitrogens with zero attached hydrogens (tertiary/aromatic N) is 1. The van der Waals surface area contributed by atoms with Crippen molar-refractivity contribution in [2.75, 3.05) is 19.6 Å². The average Bonchev–Trinajstić information content (AvgIpc) is 2.91. The van der Waals surface area contributed by atoms with Gasteiger partial charge in [0.05, 0.1) is 5.41 Å². The maximum Gasteiger partial charge on any atom is 0.317 e. The molecule has 0 aromatic heterocycles. The van der Waals surface area contributed by atoms with E-state index in [0.29, 0.717) is 26.1 Å². The van der Waals surface area contributed by atoms with Crippen molar-refractivity contribution >= 4 is 12.0 Å². The molecule has 2 aliphatic rings. The Labute approximate surface area is 120 Å². The number of rotatable bonds is 4. The van der Waals surface area contributed by atoms with Crippen LogP contribution in [0.1, 0.15) is 51.9 Å². The molecule has 0 radical (unpaired) electrons. The van der Waals surface area contributed by atoms with E-state index in [-0.39, 0.29) is 6.03 Å². The molecule has 1 aliphatic carbocycles. The van der Waals surface area contributed by atoms with Gasteiger partial charge in [0.2, 0.25) is 0 Å². The number of carboxylic acids is 1. The molecule has 0 aromatic rings. The molecular weight excluding hydrogens is 256 g/mol. The highest BCUT2D eigenvalue weighted by atomic mass is 16.4. The minimum absolute atomic E-state index is 0.102. The minimum Gasteiger partial charge on any atom is -0.481 e. The smallest absolute Gasteiger partial charge is 0.317 e. The van der Waals surface area contributed by atoms with Gasteiger partial charge in [0.25, 0.3) is 0 Å². The van der Waals surface area contributed by atoms with Gasteiger partial charge in [-0.15, -0.1) is 0 Å². The fourth-order valence-corrected chi connectivity index (χ4v) is 3.38. The Kier molecular flexibility index (Phi) is 4.89. The van der Waals surface area contributed by atoms with Crippen LogP contribution in [0.3, 0.4) is 0 Å². The number of aliphatic carboxylic acids is 1.